The molecule has 1 aliphatic carbocycles. The van der Waals surface area contributed by atoms with Crippen molar-refractivity contribution < 1.29 is 4.79 Å². The van der Waals surface area contributed by atoms with Gasteiger partial charge in [-0.15, -0.1) is 0 Å². The first-order chi connectivity index (χ1) is 7.00. The lowest BCUT2D eigenvalue weighted by Crippen LogP contribution is -2.41. The minimum Gasteiger partial charge on any atom is -0.327 e. The van der Waals surface area contributed by atoms with Crippen LogP contribution in [0.4, 0.5) is 0 Å². The fraction of sp³-hybridized carbons (Fsp3) is 0.923. The van der Waals surface area contributed by atoms with E-state index < -0.39 is 0 Å². The van der Waals surface area contributed by atoms with Crippen LogP contribution in [0.5, 0.6) is 0 Å². The number of carbonyl (C=O) groups is 1. The summed E-state index contributed by atoms with van der Waals surface area (Å²) < 4.78 is 0. The van der Waals surface area contributed by atoms with Crippen molar-refractivity contribution in [1.82, 2.24) is 0 Å². The highest BCUT2D eigenvalue weighted by Crippen LogP contribution is 2.39. The van der Waals surface area contributed by atoms with Gasteiger partial charge in [0.15, 0.2) is 0 Å². The Morgan fingerprint density at radius 3 is 2.73 bits per heavy atom. The summed E-state index contributed by atoms with van der Waals surface area (Å²) in [5.41, 5.74) is 5.82. The van der Waals surface area contributed by atoms with E-state index in [2.05, 4.69) is 20.8 Å². The SMILES string of the molecule is CCCC(C)CC(=O)C1(C)CCCC1N. The van der Waals surface area contributed by atoms with Crippen molar-refractivity contribution in [3.8, 4) is 0 Å². The van der Waals surface area contributed by atoms with Gasteiger partial charge in [0.1, 0.15) is 5.78 Å². The molecule has 2 N–H and O–H groups in total. The van der Waals surface area contributed by atoms with E-state index in [1.165, 1.54) is 0 Å². The molecule has 0 amide bonds. The molecule has 3 atom stereocenters. The highest BCUT2D eigenvalue weighted by molar-refractivity contribution is 5.85. The zero-order valence-electron chi connectivity index (χ0n) is 10.4. The Labute approximate surface area is 93.6 Å². The second-order valence-corrected chi connectivity index (χ2v) is 5.44. The fourth-order valence-corrected chi connectivity index (χ4v) is 2.68. The number of carbonyl (C=O) groups excluding carboxylic acids is 1. The lowest BCUT2D eigenvalue weighted by Gasteiger charge is -2.28. The van der Waals surface area contributed by atoms with Gasteiger partial charge in [-0.2, -0.15) is 0 Å². The Morgan fingerprint density at radius 1 is 1.60 bits per heavy atom. The summed E-state index contributed by atoms with van der Waals surface area (Å²) in [6, 6.07) is 0.0961. The van der Waals surface area contributed by atoms with E-state index in [9.17, 15) is 4.79 Å². The maximum absolute atomic E-state index is 12.2. The molecule has 0 bridgehead atoms. The zero-order valence-corrected chi connectivity index (χ0v) is 10.4. The van der Waals surface area contributed by atoms with Gasteiger partial charge in [0.25, 0.3) is 0 Å². The molecule has 2 heteroatoms. The second-order valence-electron chi connectivity index (χ2n) is 5.44. The van der Waals surface area contributed by atoms with Crippen LogP contribution < -0.4 is 5.73 Å². The van der Waals surface area contributed by atoms with E-state index in [-0.39, 0.29) is 11.5 Å². The molecule has 1 fully saturated rings. The second kappa shape index (κ2) is 5.11. The van der Waals surface area contributed by atoms with Crippen molar-refractivity contribution in [2.24, 2.45) is 17.1 Å². The van der Waals surface area contributed by atoms with Gasteiger partial charge in [-0.1, -0.05) is 40.0 Å². The Kier molecular flexibility index (Phi) is 4.32. The van der Waals surface area contributed by atoms with Gasteiger partial charge in [0.2, 0.25) is 0 Å². The maximum atomic E-state index is 12.2. The molecular weight excluding hydrogens is 186 g/mol. The number of hydrogen-bond acceptors (Lipinski definition) is 2. The molecule has 1 saturated carbocycles. The third-order valence-corrected chi connectivity index (χ3v) is 3.98. The predicted molar refractivity (Wildman–Crippen MR) is 63.6 cm³/mol. The quantitative estimate of drug-likeness (QED) is 0.760. The van der Waals surface area contributed by atoms with E-state index in [4.69, 9.17) is 5.73 Å². The predicted octanol–water partition coefficient (Wildman–Crippen LogP) is 2.90. The fourth-order valence-electron chi connectivity index (χ4n) is 2.68. The summed E-state index contributed by atoms with van der Waals surface area (Å²) in [6.45, 7) is 6.40. The van der Waals surface area contributed by atoms with Crippen LogP contribution in [0.2, 0.25) is 0 Å². The minimum atomic E-state index is -0.220. The Morgan fingerprint density at radius 2 is 2.27 bits per heavy atom. The van der Waals surface area contributed by atoms with E-state index in [1.807, 2.05) is 0 Å². The average Bonchev–Trinajstić information content (AvgIpc) is 2.48. The van der Waals surface area contributed by atoms with E-state index in [1.54, 1.807) is 0 Å². The summed E-state index contributed by atoms with van der Waals surface area (Å²) >= 11 is 0. The van der Waals surface area contributed by atoms with E-state index in [0.29, 0.717) is 11.7 Å². The molecule has 0 aromatic carbocycles. The topological polar surface area (TPSA) is 43.1 Å². The Hall–Kier alpha value is -0.370. The van der Waals surface area contributed by atoms with Crippen LogP contribution >= 0.6 is 0 Å². The van der Waals surface area contributed by atoms with Crippen LogP contribution in [0.25, 0.3) is 0 Å². The molecule has 0 aromatic rings. The van der Waals surface area contributed by atoms with Gasteiger partial charge >= 0.3 is 0 Å². The van der Waals surface area contributed by atoms with Gasteiger partial charge in [-0.05, 0) is 18.8 Å². The molecule has 0 saturated heterocycles. The molecule has 0 aliphatic heterocycles. The first-order valence-corrected chi connectivity index (χ1v) is 6.29. The third kappa shape index (κ3) is 2.81. The molecule has 0 radical (unpaired) electrons. The molecule has 1 aliphatic rings. The number of Topliss-reactive ketones (excluding diaryl/α,β-unsaturated/α-hetero) is 1. The van der Waals surface area contributed by atoms with E-state index in [0.717, 1.165) is 38.5 Å². The molecule has 2 nitrogen and oxygen atoms in total. The van der Waals surface area contributed by atoms with Crippen LogP contribution in [0.15, 0.2) is 0 Å². The van der Waals surface area contributed by atoms with Gasteiger partial charge in [0, 0.05) is 17.9 Å². The van der Waals surface area contributed by atoms with Crippen LogP contribution in [-0.4, -0.2) is 11.8 Å². The summed E-state index contributed by atoms with van der Waals surface area (Å²) in [4.78, 5) is 12.2. The van der Waals surface area contributed by atoms with Crippen LogP contribution in [-0.2, 0) is 4.79 Å². The molecule has 15 heavy (non-hydrogen) atoms. The van der Waals surface area contributed by atoms with Gasteiger partial charge in [-0.25, -0.2) is 0 Å². The number of nitrogens with two attached hydrogens (primary N) is 1. The lowest BCUT2D eigenvalue weighted by atomic mass is 9.77. The normalized spacial score (nSPS) is 32.9. The first kappa shape index (κ1) is 12.7. The van der Waals surface area contributed by atoms with Crippen LogP contribution in [0.3, 0.4) is 0 Å². The van der Waals surface area contributed by atoms with Crippen LogP contribution in [0, 0.1) is 11.3 Å². The molecule has 1 rings (SSSR count). The van der Waals surface area contributed by atoms with Crippen molar-refractivity contribution in [3.05, 3.63) is 0 Å². The highest BCUT2D eigenvalue weighted by atomic mass is 16.1. The Bertz CT molecular complexity index is 227. The monoisotopic (exact) mass is 211 g/mol. The van der Waals surface area contributed by atoms with Crippen molar-refractivity contribution in [3.63, 3.8) is 0 Å². The summed E-state index contributed by atoms with van der Waals surface area (Å²) in [5, 5.41) is 0. The molecule has 88 valence electrons. The van der Waals surface area contributed by atoms with E-state index >= 15 is 0 Å². The van der Waals surface area contributed by atoms with Crippen molar-refractivity contribution in [1.29, 1.82) is 0 Å². The summed E-state index contributed by atoms with van der Waals surface area (Å²) in [7, 11) is 0. The first-order valence-electron chi connectivity index (χ1n) is 6.29. The molecular formula is C13H25NO. The Balaban J connectivity index is 2.52. The number of ketones is 1. The van der Waals surface area contributed by atoms with Crippen molar-refractivity contribution >= 4 is 5.78 Å². The van der Waals surface area contributed by atoms with Crippen LogP contribution in [0.1, 0.15) is 59.3 Å². The van der Waals surface area contributed by atoms with Gasteiger partial charge < -0.3 is 5.73 Å². The highest BCUT2D eigenvalue weighted by Gasteiger charge is 2.42. The van der Waals surface area contributed by atoms with Crippen molar-refractivity contribution in [2.45, 2.75) is 65.3 Å². The molecule has 0 aromatic heterocycles. The van der Waals surface area contributed by atoms with Gasteiger partial charge in [-0.3, -0.25) is 4.79 Å². The number of hydrogen-bond donors (Lipinski definition) is 1. The maximum Gasteiger partial charge on any atom is 0.140 e. The summed E-state index contributed by atoms with van der Waals surface area (Å²) in [5.74, 6) is 0.917. The molecule has 0 spiro atoms. The zero-order chi connectivity index (χ0) is 11.5. The smallest absolute Gasteiger partial charge is 0.140 e. The number of rotatable bonds is 5. The minimum absolute atomic E-state index is 0.0961. The molecule has 3 unspecified atom stereocenters. The molecule has 0 heterocycles. The van der Waals surface area contributed by atoms with Gasteiger partial charge in [0.05, 0.1) is 0 Å². The van der Waals surface area contributed by atoms with Crippen molar-refractivity contribution in [2.75, 3.05) is 0 Å². The largest absolute Gasteiger partial charge is 0.327 e. The lowest BCUT2D eigenvalue weighted by molar-refractivity contribution is -0.129. The standard InChI is InChI=1S/C13H25NO/c1-4-6-10(2)9-12(15)13(3)8-5-7-11(13)14/h10-11H,4-9,14H2,1-3H3. The summed E-state index contributed by atoms with van der Waals surface area (Å²) in [6.07, 6.45) is 6.16. The average molecular weight is 211 g/mol. The third-order valence-electron chi connectivity index (χ3n) is 3.98.